The summed E-state index contributed by atoms with van der Waals surface area (Å²) in [5.74, 6) is 0.196. The van der Waals surface area contributed by atoms with E-state index in [9.17, 15) is 9.59 Å². The molecule has 0 saturated carbocycles. The zero-order valence-electron chi connectivity index (χ0n) is 14.0. The van der Waals surface area contributed by atoms with Gasteiger partial charge in [0.25, 0.3) is 0 Å². The first-order valence-corrected chi connectivity index (χ1v) is 8.11. The fourth-order valence-corrected chi connectivity index (χ4v) is 3.26. The number of hydrogen-bond acceptors (Lipinski definition) is 6. The van der Waals surface area contributed by atoms with E-state index < -0.39 is 6.04 Å². The molecule has 1 atom stereocenters. The Morgan fingerprint density at radius 3 is 2.69 bits per heavy atom. The van der Waals surface area contributed by atoms with Gasteiger partial charge in [0.1, 0.15) is 17.5 Å². The lowest BCUT2D eigenvalue weighted by atomic mass is 10.0. The van der Waals surface area contributed by atoms with Gasteiger partial charge in [0.15, 0.2) is 5.78 Å². The molecule has 7 nitrogen and oxygen atoms in total. The van der Waals surface area contributed by atoms with E-state index >= 15 is 0 Å². The average Bonchev–Trinajstić information content (AvgIpc) is 3.22. The molecular formula is C19H16N4O3. The third-order valence-electron chi connectivity index (χ3n) is 4.49. The molecule has 0 spiro atoms. The predicted octanol–water partition coefficient (Wildman–Crippen LogP) is 2.71. The average molecular weight is 348 g/mol. The molecule has 1 amide bonds. The van der Waals surface area contributed by atoms with Gasteiger partial charge in [-0.25, -0.2) is 0 Å². The standard InChI is InChI=1S/C19H16N4O3/c1-26-11-7-5-10(6-8-11)17-16-18(23-22-17)12-3-2-4-13(15(12)19(16)25)21-14(24)9-20/h2-8,18H,9,20H2,1H3,(H,21,24). The van der Waals surface area contributed by atoms with Crippen LogP contribution < -0.4 is 15.8 Å². The largest absolute Gasteiger partial charge is 0.497 e. The molecular weight excluding hydrogens is 332 g/mol. The summed E-state index contributed by atoms with van der Waals surface area (Å²) in [6.45, 7) is -0.152. The van der Waals surface area contributed by atoms with Gasteiger partial charge in [0.05, 0.1) is 30.5 Å². The van der Waals surface area contributed by atoms with Crippen LogP contribution in [0, 0.1) is 0 Å². The number of azo groups is 1. The van der Waals surface area contributed by atoms with E-state index in [-0.39, 0.29) is 18.2 Å². The number of ketones is 1. The van der Waals surface area contributed by atoms with Crippen LogP contribution in [0.15, 0.2) is 58.3 Å². The first kappa shape index (κ1) is 16.2. The molecule has 0 aromatic heterocycles. The zero-order chi connectivity index (χ0) is 18.3. The Morgan fingerprint density at radius 1 is 1.23 bits per heavy atom. The summed E-state index contributed by atoms with van der Waals surface area (Å²) in [6, 6.07) is 12.2. The molecule has 0 bridgehead atoms. The van der Waals surface area contributed by atoms with Gasteiger partial charge < -0.3 is 15.8 Å². The highest BCUT2D eigenvalue weighted by molar-refractivity contribution is 6.22. The number of carbonyl (C=O) groups is 2. The molecule has 3 N–H and O–H groups in total. The van der Waals surface area contributed by atoms with E-state index in [1.54, 1.807) is 19.2 Å². The zero-order valence-corrected chi connectivity index (χ0v) is 14.0. The number of benzene rings is 2. The molecule has 2 aliphatic rings. The predicted molar refractivity (Wildman–Crippen MR) is 96.0 cm³/mol. The summed E-state index contributed by atoms with van der Waals surface area (Å²) in [7, 11) is 1.59. The lowest BCUT2D eigenvalue weighted by Crippen LogP contribution is -2.22. The van der Waals surface area contributed by atoms with Crippen molar-refractivity contribution in [1.82, 2.24) is 0 Å². The topological polar surface area (TPSA) is 106 Å². The highest BCUT2D eigenvalue weighted by atomic mass is 16.5. The maximum absolute atomic E-state index is 13.1. The van der Waals surface area contributed by atoms with E-state index in [1.165, 1.54) is 0 Å². The second kappa shape index (κ2) is 6.20. The number of methoxy groups -OCH3 is 1. The smallest absolute Gasteiger partial charge is 0.238 e. The van der Waals surface area contributed by atoms with Crippen LogP contribution in [0.5, 0.6) is 5.75 Å². The Kier molecular flexibility index (Phi) is 3.85. The van der Waals surface area contributed by atoms with Gasteiger partial charge in [-0.1, -0.05) is 12.1 Å². The highest BCUT2D eigenvalue weighted by Crippen LogP contribution is 2.48. The maximum atomic E-state index is 13.1. The Hall–Kier alpha value is -3.32. The maximum Gasteiger partial charge on any atom is 0.238 e. The molecule has 130 valence electrons. The highest BCUT2D eigenvalue weighted by Gasteiger charge is 2.42. The molecule has 2 aromatic rings. The summed E-state index contributed by atoms with van der Waals surface area (Å²) in [4.78, 5) is 24.8. The third-order valence-corrected chi connectivity index (χ3v) is 4.49. The number of anilines is 1. The Labute approximate surface area is 149 Å². The van der Waals surface area contributed by atoms with Gasteiger partial charge in [-0.2, -0.15) is 10.2 Å². The molecule has 26 heavy (non-hydrogen) atoms. The number of hydrogen-bond donors (Lipinski definition) is 2. The van der Waals surface area contributed by atoms with Crippen molar-refractivity contribution in [2.24, 2.45) is 16.0 Å². The number of carbonyl (C=O) groups excluding carboxylic acids is 2. The number of fused-ring (bicyclic) bond motifs is 3. The number of amides is 1. The Morgan fingerprint density at radius 2 is 2.00 bits per heavy atom. The lowest BCUT2D eigenvalue weighted by Gasteiger charge is -2.09. The molecule has 1 aliphatic carbocycles. The van der Waals surface area contributed by atoms with Gasteiger partial charge in [-0.3, -0.25) is 9.59 Å². The summed E-state index contributed by atoms with van der Waals surface area (Å²) < 4.78 is 5.17. The van der Waals surface area contributed by atoms with Crippen molar-refractivity contribution in [2.45, 2.75) is 6.04 Å². The fourth-order valence-electron chi connectivity index (χ4n) is 3.26. The summed E-state index contributed by atoms with van der Waals surface area (Å²) >= 11 is 0. The van der Waals surface area contributed by atoms with Crippen molar-refractivity contribution >= 4 is 23.1 Å². The molecule has 1 heterocycles. The molecule has 0 saturated heterocycles. The van der Waals surface area contributed by atoms with Crippen molar-refractivity contribution in [3.8, 4) is 5.75 Å². The Bertz CT molecular complexity index is 977. The number of Topliss-reactive ketones (excluding diaryl/α,β-unsaturated/α-hetero) is 1. The third kappa shape index (κ3) is 2.41. The van der Waals surface area contributed by atoms with Crippen molar-refractivity contribution in [2.75, 3.05) is 19.0 Å². The normalized spacial score (nSPS) is 17.3. The number of ether oxygens (including phenoxy) is 1. The number of nitrogens with one attached hydrogen (secondary N) is 1. The summed E-state index contributed by atoms with van der Waals surface area (Å²) in [6.07, 6.45) is 0. The molecule has 1 unspecified atom stereocenters. The van der Waals surface area contributed by atoms with E-state index in [1.807, 2.05) is 30.3 Å². The van der Waals surface area contributed by atoms with E-state index in [4.69, 9.17) is 10.5 Å². The first-order chi connectivity index (χ1) is 12.6. The second-order valence-corrected chi connectivity index (χ2v) is 5.96. The fraction of sp³-hybridized carbons (Fsp3) is 0.158. The van der Waals surface area contributed by atoms with Crippen LogP contribution in [-0.4, -0.2) is 25.3 Å². The number of nitrogens with two attached hydrogens (primary N) is 1. The molecule has 4 rings (SSSR count). The minimum absolute atomic E-state index is 0.152. The summed E-state index contributed by atoms with van der Waals surface area (Å²) in [5.41, 5.74) is 8.89. The quantitative estimate of drug-likeness (QED) is 0.886. The monoisotopic (exact) mass is 348 g/mol. The van der Waals surface area contributed by atoms with E-state index in [0.29, 0.717) is 22.5 Å². The van der Waals surface area contributed by atoms with Crippen molar-refractivity contribution < 1.29 is 14.3 Å². The SMILES string of the molecule is COc1ccc(C2=C3C(=O)c4c(NC(=O)CN)cccc4C3N=N2)cc1. The summed E-state index contributed by atoms with van der Waals surface area (Å²) in [5, 5.41) is 11.2. The van der Waals surface area contributed by atoms with Gasteiger partial charge in [0.2, 0.25) is 5.91 Å². The van der Waals surface area contributed by atoms with Crippen LogP contribution in [0.4, 0.5) is 5.69 Å². The van der Waals surface area contributed by atoms with Crippen LogP contribution in [0.25, 0.3) is 5.70 Å². The number of nitrogens with zero attached hydrogens (tertiary/aromatic N) is 2. The minimum atomic E-state index is -0.440. The van der Waals surface area contributed by atoms with Crippen LogP contribution in [0.3, 0.4) is 0 Å². The van der Waals surface area contributed by atoms with Crippen molar-refractivity contribution in [1.29, 1.82) is 0 Å². The molecule has 2 aromatic carbocycles. The van der Waals surface area contributed by atoms with E-state index in [0.717, 1.165) is 16.9 Å². The minimum Gasteiger partial charge on any atom is -0.497 e. The van der Waals surface area contributed by atoms with Crippen LogP contribution in [-0.2, 0) is 4.79 Å². The van der Waals surface area contributed by atoms with Crippen LogP contribution in [0.1, 0.15) is 27.5 Å². The molecule has 1 aliphatic heterocycles. The van der Waals surface area contributed by atoms with Gasteiger partial charge >= 0.3 is 0 Å². The lowest BCUT2D eigenvalue weighted by molar-refractivity contribution is -0.114. The molecule has 0 fully saturated rings. The molecule has 7 heteroatoms. The Balaban J connectivity index is 1.79. The van der Waals surface area contributed by atoms with Crippen molar-refractivity contribution in [3.05, 3.63) is 64.7 Å². The van der Waals surface area contributed by atoms with Gasteiger partial charge in [-0.05, 0) is 35.9 Å². The number of rotatable bonds is 4. The van der Waals surface area contributed by atoms with E-state index in [2.05, 4.69) is 15.5 Å². The molecule has 0 radical (unpaired) electrons. The van der Waals surface area contributed by atoms with Gasteiger partial charge in [0, 0.05) is 5.56 Å². The second-order valence-electron chi connectivity index (χ2n) is 5.96. The van der Waals surface area contributed by atoms with Crippen LogP contribution in [0.2, 0.25) is 0 Å². The van der Waals surface area contributed by atoms with Crippen LogP contribution >= 0.6 is 0 Å². The van der Waals surface area contributed by atoms with Crippen molar-refractivity contribution in [3.63, 3.8) is 0 Å². The van der Waals surface area contributed by atoms with Gasteiger partial charge in [-0.15, -0.1) is 0 Å². The first-order valence-electron chi connectivity index (χ1n) is 8.11.